The SMILES string of the molecule is COc1cccc(Cl)c1C(O)c1cccc(CC(C)C)c1. The molecule has 0 aliphatic heterocycles. The van der Waals surface area contributed by atoms with Gasteiger partial charge in [-0.25, -0.2) is 0 Å². The first kappa shape index (κ1) is 15.9. The van der Waals surface area contributed by atoms with Crippen molar-refractivity contribution in [3.63, 3.8) is 0 Å². The third-order valence-corrected chi connectivity index (χ3v) is 3.75. The first-order chi connectivity index (χ1) is 10.0. The first-order valence-electron chi connectivity index (χ1n) is 7.12. The Balaban J connectivity index is 2.38. The predicted octanol–water partition coefficient (Wildman–Crippen LogP) is 4.63. The van der Waals surface area contributed by atoms with Gasteiger partial charge in [-0.1, -0.05) is 55.8 Å². The number of benzene rings is 2. The summed E-state index contributed by atoms with van der Waals surface area (Å²) in [5.74, 6) is 1.18. The van der Waals surface area contributed by atoms with E-state index in [0.29, 0.717) is 22.3 Å². The first-order valence-corrected chi connectivity index (χ1v) is 7.50. The molecule has 0 aliphatic rings. The van der Waals surface area contributed by atoms with E-state index in [9.17, 15) is 5.11 Å². The van der Waals surface area contributed by atoms with Crippen LogP contribution in [0.15, 0.2) is 42.5 Å². The second kappa shape index (κ2) is 6.97. The van der Waals surface area contributed by atoms with Crippen LogP contribution in [-0.2, 0) is 6.42 Å². The van der Waals surface area contributed by atoms with E-state index < -0.39 is 6.10 Å². The molecule has 2 rings (SSSR count). The Morgan fingerprint density at radius 2 is 1.86 bits per heavy atom. The zero-order valence-electron chi connectivity index (χ0n) is 12.6. The highest BCUT2D eigenvalue weighted by atomic mass is 35.5. The third kappa shape index (κ3) is 3.78. The van der Waals surface area contributed by atoms with Crippen LogP contribution in [0, 0.1) is 5.92 Å². The molecule has 2 nitrogen and oxygen atoms in total. The van der Waals surface area contributed by atoms with Crippen LogP contribution in [0.1, 0.15) is 36.6 Å². The lowest BCUT2D eigenvalue weighted by Crippen LogP contribution is -2.04. The molecule has 2 aromatic rings. The van der Waals surface area contributed by atoms with Gasteiger partial charge >= 0.3 is 0 Å². The number of hydrogen-bond donors (Lipinski definition) is 1. The number of rotatable bonds is 5. The van der Waals surface area contributed by atoms with Crippen LogP contribution in [0.4, 0.5) is 0 Å². The maximum Gasteiger partial charge on any atom is 0.126 e. The fourth-order valence-electron chi connectivity index (χ4n) is 2.49. The van der Waals surface area contributed by atoms with Crippen molar-refractivity contribution in [2.24, 2.45) is 5.92 Å². The molecular formula is C18H21ClO2. The van der Waals surface area contributed by atoms with Gasteiger partial charge in [-0.05, 0) is 35.6 Å². The fraction of sp³-hybridized carbons (Fsp3) is 0.333. The molecule has 3 heteroatoms. The molecule has 2 aromatic carbocycles. The van der Waals surface area contributed by atoms with Crippen LogP contribution in [0.25, 0.3) is 0 Å². The van der Waals surface area contributed by atoms with E-state index >= 15 is 0 Å². The summed E-state index contributed by atoms with van der Waals surface area (Å²) in [7, 11) is 1.58. The number of halogens is 1. The summed E-state index contributed by atoms with van der Waals surface area (Å²) < 4.78 is 5.32. The lowest BCUT2D eigenvalue weighted by atomic mass is 9.96. The Kier molecular flexibility index (Phi) is 5.27. The minimum absolute atomic E-state index is 0.510. The van der Waals surface area contributed by atoms with E-state index in [2.05, 4.69) is 19.9 Å². The van der Waals surface area contributed by atoms with E-state index in [1.54, 1.807) is 13.2 Å². The fourth-order valence-corrected chi connectivity index (χ4v) is 2.76. The molecule has 0 aliphatic carbocycles. The van der Waals surface area contributed by atoms with E-state index in [1.807, 2.05) is 30.3 Å². The van der Waals surface area contributed by atoms with Crippen LogP contribution in [-0.4, -0.2) is 12.2 Å². The van der Waals surface area contributed by atoms with Crippen molar-refractivity contribution in [1.82, 2.24) is 0 Å². The Hall–Kier alpha value is -1.51. The van der Waals surface area contributed by atoms with Crippen molar-refractivity contribution >= 4 is 11.6 Å². The predicted molar refractivity (Wildman–Crippen MR) is 87.0 cm³/mol. The van der Waals surface area contributed by atoms with Crippen molar-refractivity contribution < 1.29 is 9.84 Å². The Bertz CT molecular complexity index is 608. The van der Waals surface area contributed by atoms with Crippen molar-refractivity contribution in [2.45, 2.75) is 26.4 Å². The highest BCUT2D eigenvalue weighted by Gasteiger charge is 2.19. The van der Waals surface area contributed by atoms with Crippen LogP contribution < -0.4 is 4.74 Å². The van der Waals surface area contributed by atoms with Gasteiger partial charge in [0, 0.05) is 5.56 Å². The van der Waals surface area contributed by atoms with Crippen molar-refractivity contribution in [2.75, 3.05) is 7.11 Å². The normalized spacial score (nSPS) is 12.5. The van der Waals surface area contributed by atoms with Gasteiger partial charge < -0.3 is 9.84 Å². The van der Waals surface area contributed by atoms with E-state index in [-0.39, 0.29) is 0 Å². The molecule has 1 unspecified atom stereocenters. The second-order valence-corrected chi connectivity index (χ2v) is 6.01. The average Bonchev–Trinajstić information content (AvgIpc) is 2.45. The minimum atomic E-state index is -0.791. The maximum atomic E-state index is 10.7. The number of aliphatic hydroxyl groups is 1. The highest BCUT2D eigenvalue weighted by Crippen LogP contribution is 2.35. The molecule has 1 N–H and O–H groups in total. The lowest BCUT2D eigenvalue weighted by Gasteiger charge is -2.17. The van der Waals surface area contributed by atoms with Crippen molar-refractivity contribution in [1.29, 1.82) is 0 Å². The molecule has 0 radical (unpaired) electrons. The molecule has 0 saturated carbocycles. The number of ether oxygens (including phenoxy) is 1. The van der Waals surface area contributed by atoms with Gasteiger partial charge in [-0.2, -0.15) is 0 Å². The van der Waals surface area contributed by atoms with Gasteiger partial charge in [0.25, 0.3) is 0 Å². The standard InChI is InChI=1S/C18H21ClO2/c1-12(2)10-13-6-4-7-14(11-13)18(20)17-15(19)8-5-9-16(17)21-3/h4-9,11-12,18,20H,10H2,1-3H3. The van der Waals surface area contributed by atoms with Crippen molar-refractivity contribution in [3.8, 4) is 5.75 Å². The van der Waals surface area contributed by atoms with Crippen LogP contribution >= 0.6 is 11.6 Å². The summed E-state index contributed by atoms with van der Waals surface area (Å²) in [6, 6.07) is 13.4. The molecule has 1 atom stereocenters. The third-order valence-electron chi connectivity index (χ3n) is 3.42. The van der Waals surface area contributed by atoms with E-state index in [0.717, 1.165) is 12.0 Å². The zero-order chi connectivity index (χ0) is 15.4. The molecule has 0 fully saturated rings. The molecular weight excluding hydrogens is 284 g/mol. The number of aliphatic hydroxyl groups excluding tert-OH is 1. The average molecular weight is 305 g/mol. The van der Waals surface area contributed by atoms with Gasteiger partial charge in [-0.15, -0.1) is 0 Å². The Morgan fingerprint density at radius 1 is 1.14 bits per heavy atom. The second-order valence-electron chi connectivity index (χ2n) is 5.60. The topological polar surface area (TPSA) is 29.5 Å². The molecule has 0 bridgehead atoms. The summed E-state index contributed by atoms with van der Waals surface area (Å²) in [6.07, 6.45) is 0.195. The summed E-state index contributed by atoms with van der Waals surface area (Å²) in [5.41, 5.74) is 2.66. The summed E-state index contributed by atoms with van der Waals surface area (Å²) >= 11 is 6.24. The molecule has 0 aromatic heterocycles. The summed E-state index contributed by atoms with van der Waals surface area (Å²) in [4.78, 5) is 0. The van der Waals surface area contributed by atoms with Gasteiger partial charge in [0.1, 0.15) is 11.9 Å². The Morgan fingerprint density at radius 3 is 2.52 bits per heavy atom. The minimum Gasteiger partial charge on any atom is -0.496 e. The highest BCUT2D eigenvalue weighted by molar-refractivity contribution is 6.31. The largest absolute Gasteiger partial charge is 0.496 e. The number of hydrogen-bond acceptors (Lipinski definition) is 2. The van der Waals surface area contributed by atoms with Gasteiger partial charge in [0.05, 0.1) is 12.1 Å². The Labute approximate surface area is 131 Å². The molecule has 0 spiro atoms. The smallest absolute Gasteiger partial charge is 0.126 e. The summed E-state index contributed by atoms with van der Waals surface area (Å²) in [6.45, 7) is 4.36. The quantitative estimate of drug-likeness (QED) is 0.872. The van der Waals surface area contributed by atoms with Crippen LogP contribution in [0.3, 0.4) is 0 Å². The monoisotopic (exact) mass is 304 g/mol. The summed E-state index contributed by atoms with van der Waals surface area (Å²) in [5, 5.41) is 11.2. The van der Waals surface area contributed by atoms with Crippen LogP contribution in [0.5, 0.6) is 5.75 Å². The zero-order valence-corrected chi connectivity index (χ0v) is 13.4. The molecule has 112 valence electrons. The molecule has 0 saturated heterocycles. The van der Waals surface area contributed by atoms with Gasteiger partial charge in [0.2, 0.25) is 0 Å². The molecule has 0 amide bonds. The van der Waals surface area contributed by atoms with E-state index in [4.69, 9.17) is 16.3 Å². The van der Waals surface area contributed by atoms with Gasteiger partial charge in [-0.3, -0.25) is 0 Å². The van der Waals surface area contributed by atoms with Gasteiger partial charge in [0.15, 0.2) is 0 Å². The maximum absolute atomic E-state index is 10.7. The molecule has 21 heavy (non-hydrogen) atoms. The number of methoxy groups -OCH3 is 1. The molecule has 0 heterocycles. The lowest BCUT2D eigenvalue weighted by molar-refractivity contribution is 0.214. The van der Waals surface area contributed by atoms with Crippen LogP contribution in [0.2, 0.25) is 5.02 Å². The van der Waals surface area contributed by atoms with E-state index in [1.165, 1.54) is 5.56 Å². The van der Waals surface area contributed by atoms with Crippen molar-refractivity contribution in [3.05, 3.63) is 64.2 Å².